The van der Waals surface area contributed by atoms with Gasteiger partial charge in [-0.3, -0.25) is 0 Å². The second kappa shape index (κ2) is 7.50. The van der Waals surface area contributed by atoms with Gasteiger partial charge in [-0.25, -0.2) is 9.97 Å². The van der Waals surface area contributed by atoms with Gasteiger partial charge in [0.15, 0.2) is 0 Å². The third-order valence-corrected chi connectivity index (χ3v) is 4.66. The van der Waals surface area contributed by atoms with Crippen molar-refractivity contribution < 1.29 is 0 Å². The number of fused-ring (bicyclic) bond motifs is 1. The van der Waals surface area contributed by atoms with Crippen LogP contribution in [0.1, 0.15) is 25.5 Å². The van der Waals surface area contributed by atoms with Crippen molar-refractivity contribution in [3.8, 4) is 11.3 Å². The molecule has 2 aromatic heterocycles. The van der Waals surface area contributed by atoms with Gasteiger partial charge < -0.3 is 15.6 Å². The molecule has 0 aliphatic rings. The number of hydrogen-bond acceptors (Lipinski definition) is 4. The molecule has 0 amide bonds. The second-order valence-electron chi connectivity index (χ2n) is 6.55. The highest BCUT2D eigenvalue weighted by atomic mass is 15.1. The third-order valence-electron chi connectivity index (χ3n) is 4.66. The fraction of sp³-hybridized carbons (Fsp3) is 0.182. The molecular formula is C22H23N5. The van der Waals surface area contributed by atoms with E-state index in [1.165, 1.54) is 5.56 Å². The summed E-state index contributed by atoms with van der Waals surface area (Å²) in [6, 6.07) is 21.0. The highest BCUT2D eigenvalue weighted by Gasteiger charge is 2.12. The van der Waals surface area contributed by atoms with E-state index in [0.717, 1.165) is 40.3 Å². The van der Waals surface area contributed by atoms with E-state index < -0.39 is 0 Å². The molecule has 3 N–H and O–H groups in total. The second-order valence-corrected chi connectivity index (χ2v) is 6.55. The van der Waals surface area contributed by atoms with E-state index in [2.05, 4.69) is 94.0 Å². The van der Waals surface area contributed by atoms with Crippen molar-refractivity contribution in [1.29, 1.82) is 0 Å². The predicted molar refractivity (Wildman–Crippen MR) is 112 cm³/mol. The Morgan fingerprint density at radius 2 is 1.78 bits per heavy atom. The molecule has 2 aromatic carbocycles. The molecule has 0 saturated heterocycles. The summed E-state index contributed by atoms with van der Waals surface area (Å²) in [6.07, 6.45) is 1.59. The smallest absolute Gasteiger partial charge is 0.143 e. The minimum atomic E-state index is 0.155. The molecule has 1 atom stereocenters. The van der Waals surface area contributed by atoms with Crippen molar-refractivity contribution in [3.63, 3.8) is 0 Å². The van der Waals surface area contributed by atoms with Gasteiger partial charge in [-0.1, -0.05) is 42.5 Å². The zero-order valence-electron chi connectivity index (χ0n) is 15.5. The number of aromatic nitrogens is 3. The average molecular weight is 357 g/mol. The van der Waals surface area contributed by atoms with E-state index in [0.29, 0.717) is 0 Å². The van der Waals surface area contributed by atoms with Crippen LogP contribution in [0.4, 0.5) is 11.5 Å². The fourth-order valence-electron chi connectivity index (χ4n) is 3.21. The molecule has 0 spiro atoms. The van der Waals surface area contributed by atoms with Gasteiger partial charge in [-0.15, -0.1) is 0 Å². The molecule has 27 heavy (non-hydrogen) atoms. The van der Waals surface area contributed by atoms with E-state index in [1.807, 2.05) is 6.07 Å². The lowest BCUT2D eigenvalue weighted by molar-refractivity contribution is 0.876. The van der Waals surface area contributed by atoms with Crippen LogP contribution >= 0.6 is 0 Å². The van der Waals surface area contributed by atoms with Gasteiger partial charge in [0.05, 0.1) is 5.39 Å². The third kappa shape index (κ3) is 3.62. The van der Waals surface area contributed by atoms with Gasteiger partial charge in [-0.2, -0.15) is 0 Å². The summed E-state index contributed by atoms with van der Waals surface area (Å²) in [5.41, 5.74) is 5.33. The zero-order valence-corrected chi connectivity index (χ0v) is 15.5. The number of nitrogens with one attached hydrogen (secondary N) is 3. The molecule has 0 aliphatic heterocycles. The first kappa shape index (κ1) is 17.1. The molecule has 4 rings (SSSR count). The van der Waals surface area contributed by atoms with Gasteiger partial charge >= 0.3 is 0 Å². The Morgan fingerprint density at radius 1 is 1.00 bits per heavy atom. The van der Waals surface area contributed by atoms with Crippen molar-refractivity contribution in [1.82, 2.24) is 15.0 Å². The van der Waals surface area contributed by atoms with Crippen molar-refractivity contribution in [2.24, 2.45) is 0 Å². The molecular weight excluding hydrogens is 334 g/mol. The summed E-state index contributed by atoms with van der Waals surface area (Å²) in [6.45, 7) is 5.14. The average Bonchev–Trinajstić information content (AvgIpc) is 3.15. The van der Waals surface area contributed by atoms with Crippen LogP contribution in [0.2, 0.25) is 0 Å². The topological polar surface area (TPSA) is 65.6 Å². The molecule has 5 nitrogen and oxygen atoms in total. The predicted octanol–water partition coefficient (Wildman–Crippen LogP) is 5.23. The van der Waals surface area contributed by atoms with Crippen LogP contribution in [0.3, 0.4) is 0 Å². The number of nitrogens with zero attached hydrogens (tertiary/aromatic N) is 2. The summed E-state index contributed by atoms with van der Waals surface area (Å²) < 4.78 is 0. The van der Waals surface area contributed by atoms with Crippen LogP contribution in [-0.2, 0) is 0 Å². The minimum Gasteiger partial charge on any atom is -0.385 e. The maximum absolute atomic E-state index is 4.47. The Hall–Kier alpha value is -3.34. The lowest BCUT2D eigenvalue weighted by atomic mass is 10.1. The number of rotatable bonds is 6. The molecule has 1 unspecified atom stereocenters. The highest BCUT2D eigenvalue weighted by Crippen LogP contribution is 2.29. The van der Waals surface area contributed by atoms with Crippen molar-refractivity contribution >= 4 is 22.5 Å². The van der Waals surface area contributed by atoms with E-state index in [-0.39, 0.29) is 6.04 Å². The lowest BCUT2D eigenvalue weighted by Gasteiger charge is -2.15. The lowest BCUT2D eigenvalue weighted by Crippen LogP contribution is -2.08. The Morgan fingerprint density at radius 3 is 2.52 bits per heavy atom. The van der Waals surface area contributed by atoms with Crippen LogP contribution < -0.4 is 10.6 Å². The largest absolute Gasteiger partial charge is 0.385 e. The summed E-state index contributed by atoms with van der Waals surface area (Å²) in [4.78, 5) is 12.3. The molecule has 0 radical (unpaired) electrons. The molecule has 0 aliphatic carbocycles. The molecule has 5 heteroatoms. The van der Waals surface area contributed by atoms with E-state index in [4.69, 9.17) is 0 Å². The Bertz CT molecular complexity index is 1020. The summed E-state index contributed by atoms with van der Waals surface area (Å²) >= 11 is 0. The first-order chi connectivity index (χ1) is 13.2. The van der Waals surface area contributed by atoms with Gasteiger partial charge in [0.1, 0.15) is 17.8 Å². The van der Waals surface area contributed by atoms with Gasteiger partial charge in [0, 0.05) is 24.0 Å². The summed E-state index contributed by atoms with van der Waals surface area (Å²) in [7, 11) is 0. The molecule has 4 aromatic rings. The van der Waals surface area contributed by atoms with Crippen molar-refractivity contribution in [3.05, 3.63) is 72.6 Å². The Kier molecular flexibility index (Phi) is 4.75. The van der Waals surface area contributed by atoms with E-state index >= 15 is 0 Å². The quantitative estimate of drug-likeness (QED) is 0.442. The number of hydrogen-bond donors (Lipinski definition) is 3. The van der Waals surface area contributed by atoms with Crippen LogP contribution in [-0.4, -0.2) is 21.5 Å². The fourth-order valence-corrected chi connectivity index (χ4v) is 3.21. The molecule has 2 heterocycles. The highest BCUT2D eigenvalue weighted by molar-refractivity contribution is 5.91. The van der Waals surface area contributed by atoms with Gasteiger partial charge in [0.2, 0.25) is 0 Å². The zero-order chi connectivity index (χ0) is 18.6. The Labute approximate surface area is 158 Å². The normalized spacial score (nSPS) is 12.1. The van der Waals surface area contributed by atoms with E-state index in [9.17, 15) is 0 Å². The number of H-pyrrole nitrogens is 1. The van der Waals surface area contributed by atoms with Gasteiger partial charge in [0.25, 0.3) is 0 Å². The maximum Gasteiger partial charge on any atom is 0.143 e. The van der Waals surface area contributed by atoms with Crippen LogP contribution in [0.15, 0.2) is 67.0 Å². The number of aromatic amines is 1. The summed E-state index contributed by atoms with van der Waals surface area (Å²) in [5, 5.41) is 7.82. The van der Waals surface area contributed by atoms with Crippen LogP contribution in [0.5, 0.6) is 0 Å². The molecule has 0 fully saturated rings. The van der Waals surface area contributed by atoms with Gasteiger partial charge in [-0.05, 0) is 43.2 Å². The molecule has 0 saturated carbocycles. The van der Waals surface area contributed by atoms with Crippen LogP contribution in [0.25, 0.3) is 22.3 Å². The first-order valence-corrected chi connectivity index (χ1v) is 9.24. The molecule has 0 bridgehead atoms. The molecule has 136 valence electrons. The Balaban J connectivity index is 1.64. The van der Waals surface area contributed by atoms with Crippen molar-refractivity contribution in [2.75, 3.05) is 17.2 Å². The number of benzene rings is 2. The first-order valence-electron chi connectivity index (χ1n) is 9.24. The monoisotopic (exact) mass is 357 g/mol. The van der Waals surface area contributed by atoms with E-state index in [1.54, 1.807) is 6.33 Å². The van der Waals surface area contributed by atoms with Crippen LogP contribution in [0, 0.1) is 0 Å². The summed E-state index contributed by atoms with van der Waals surface area (Å²) in [5.74, 6) is 0.836. The standard InChI is InChI=1S/C22H23N5/c1-3-23-18-11-9-17(10-12-18)20-13-19-21(24-14-25-22(19)27-20)26-15(2)16-7-5-4-6-8-16/h4-15,23H,3H2,1-2H3,(H2,24,25,26,27). The maximum atomic E-state index is 4.47. The number of anilines is 2. The SMILES string of the molecule is CCNc1ccc(-c2cc3c(NC(C)c4ccccc4)ncnc3[nH]2)cc1. The van der Waals surface area contributed by atoms with Crippen molar-refractivity contribution in [2.45, 2.75) is 19.9 Å². The minimum absolute atomic E-state index is 0.155.